The summed E-state index contributed by atoms with van der Waals surface area (Å²) in [5, 5.41) is 22.7. The molecule has 30 heavy (non-hydrogen) atoms. The van der Waals surface area contributed by atoms with Gasteiger partial charge in [0, 0.05) is 25.7 Å². The van der Waals surface area contributed by atoms with E-state index in [1.54, 1.807) is 0 Å². The maximum atomic E-state index is 11.8. The van der Waals surface area contributed by atoms with Crippen molar-refractivity contribution in [1.29, 1.82) is 0 Å². The number of carboxylic acid groups (broad SMARTS) is 2. The van der Waals surface area contributed by atoms with Gasteiger partial charge in [-0.25, -0.2) is 9.59 Å². The van der Waals surface area contributed by atoms with Crippen LogP contribution in [-0.4, -0.2) is 57.9 Å². The Morgan fingerprint density at radius 2 is 0.933 bits per heavy atom. The van der Waals surface area contributed by atoms with Crippen molar-refractivity contribution < 1.29 is 39.0 Å². The number of amides is 4. The summed E-state index contributed by atoms with van der Waals surface area (Å²) in [4.78, 5) is 67.1. The van der Waals surface area contributed by atoms with Gasteiger partial charge in [0.15, 0.2) is 0 Å². The Balaban J connectivity index is 4.03. The quantitative estimate of drug-likeness (QED) is 0.157. The van der Waals surface area contributed by atoms with Crippen molar-refractivity contribution >= 4 is 35.6 Å². The molecule has 0 bridgehead atoms. The zero-order valence-corrected chi connectivity index (χ0v) is 16.7. The first kappa shape index (κ1) is 26.8. The van der Waals surface area contributed by atoms with Gasteiger partial charge in [0.1, 0.15) is 12.1 Å². The lowest BCUT2D eigenvalue weighted by molar-refractivity contribution is -0.142. The second kappa shape index (κ2) is 14.8. The minimum atomic E-state index is -1.24. The summed E-state index contributed by atoms with van der Waals surface area (Å²) in [7, 11) is 0. The van der Waals surface area contributed by atoms with Crippen LogP contribution in [0, 0.1) is 0 Å². The lowest BCUT2D eigenvalue weighted by Gasteiger charge is -2.14. The molecule has 2 unspecified atom stereocenters. The zero-order valence-electron chi connectivity index (χ0n) is 16.7. The Morgan fingerprint density at radius 3 is 1.20 bits per heavy atom. The summed E-state index contributed by atoms with van der Waals surface area (Å²) in [6.07, 6.45) is 1.92. The average molecular weight is 430 g/mol. The van der Waals surface area contributed by atoms with E-state index in [-0.39, 0.29) is 38.5 Å². The molecular formula is C18H30N4O8. The van der Waals surface area contributed by atoms with E-state index in [4.69, 9.17) is 21.7 Å². The molecule has 0 spiro atoms. The molecule has 2 atom stereocenters. The smallest absolute Gasteiger partial charge is 0.326 e. The van der Waals surface area contributed by atoms with Crippen molar-refractivity contribution in [3.8, 4) is 0 Å². The van der Waals surface area contributed by atoms with Crippen molar-refractivity contribution in [1.82, 2.24) is 10.6 Å². The molecule has 0 fully saturated rings. The van der Waals surface area contributed by atoms with E-state index in [0.717, 1.165) is 0 Å². The van der Waals surface area contributed by atoms with Gasteiger partial charge < -0.3 is 32.3 Å². The summed E-state index contributed by atoms with van der Waals surface area (Å²) in [6.45, 7) is 0. The van der Waals surface area contributed by atoms with E-state index >= 15 is 0 Å². The molecule has 0 aliphatic heterocycles. The third kappa shape index (κ3) is 13.9. The van der Waals surface area contributed by atoms with Crippen molar-refractivity contribution in [2.75, 3.05) is 0 Å². The van der Waals surface area contributed by atoms with Gasteiger partial charge in [0.2, 0.25) is 23.6 Å². The molecule has 0 rings (SSSR count). The standard InChI is InChI=1S/C18H30N4O8/c19-13(23)9-7-11(17(27)28)21-15(25)5-3-1-2-4-6-16(26)22-12(18(29)30)8-10-14(20)24/h11-12H,1-10H2,(H2,19,23)(H2,20,24)(H,21,25)(H,22,26)(H,27,28)(H,29,30). The molecule has 0 radical (unpaired) electrons. The fourth-order valence-electron chi connectivity index (χ4n) is 2.55. The predicted octanol–water partition coefficient (Wildman–Crippen LogP) is -1.00. The minimum absolute atomic E-state index is 0.0811. The number of unbranched alkanes of at least 4 members (excludes halogenated alkanes) is 3. The summed E-state index contributed by atoms with van der Waals surface area (Å²) < 4.78 is 0. The highest BCUT2D eigenvalue weighted by Gasteiger charge is 2.21. The number of hydrogen-bond acceptors (Lipinski definition) is 6. The third-order valence-electron chi connectivity index (χ3n) is 4.18. The first-order chi connectivity index (χ1) is 14.0. The molecule has 0 aromatic rings. The number of aliphatic carboxylic acids is 2. The second-order valence-corrected chi connectivity index (χ2v) is 6.84. The fraction of sp³-hybridized carbons (Fsp3) is 0.667. The van der Waals surface area contributed by atoms with Gasteiger partial charge in [-0.3, -0.25) is 19.2 Å². The minimum Gasteiger partial charge on any atom is -0.480 e. The summed E-state index contributed by atoms with van der Waals surface area (Å²) in [5.74, 6) is -4.70. The number of hydrogen-bond donors (Lipinski definition) is 6. The van der Waals surface area contributed by atoms with Gasteiger partial charge in [0.25, 0.3) is 0 Å². The molecular weight excluding hydrogens is 400 g/mol. The van der Waals surface area contributed by atoms with E-state index in [1.807, 2.05) is 0 Å². The number of rotatable bonds is 17. The van der Waals surface area contributed by atoms with Crippen molar-refractivity contribution in [3.05, 3.63) is 0 Å². The van der Waals surface area contributed by atoms with E-state index in [0.29, 0.717) is 25.7 Å². The monoisotopic (exact) mass is 430 g/mol. The van der Waals surface area contributed by atoms with Gasteiger partial charge in [-0.15, -0.1) is 0 Å². The highest BCUT2D eigenvalue weighted by Crippen LogP contribution is 2.07. The Labute approximate surface area is 173 Å². The number of carbonyl (C=O) groups is 6. The molecule has 8 N–H and O–H groups in total. The lowest BCUT2D eigenvalue weighted by atomic mass is 10.1. The SMILES string of the molecule is NC(=O)CCC(NC(=O)CCCCCCC(=O)NC(CCC(N)=O)C(=O)O)C(=O)O. The van der Waals surface area contributed by atoms with Crippen molar-refractivity contribution in [2.45, 2.75) is 76.3 Å². The topological polar surface area (TPSA) is 219 Å². The number of primary amides is 2. The van der Waals surface area contributed by atoms with Crippen molar-refractivity contribution in [2.24, 2.45) is 11.5 Å². The summed E-state index contributed by atoms with van der Waals surface area (Å²) in [6, 6.07) is -2.35. The second-order valence-electron chi connectivity index (χ2n) is 6.84. The number of carbonyl (C=O) groups excluding carboxylic acids is 4. The molecule has 0 heterocycles. The summed E-state index contributed by atoms with van der Waals surface area (Å²) in [5.41, 5.74) is 9.93. The normalized spacial score (nSPS) is 12.4. The van der Waals surface area contributed by atoms with Crippen LogP contribution in [0.25, 0.3) is 0 Å². The van der Waals surface area contributed by atoms with E-state index < -0.39 is 47.7 Å². The predicted molar refractivity (Wildman–Crippen MR) is 104 cm³/mol. The van der Waals surface area contributed by atoms with E-state index in [2.05, 4.69) is 10.6 Å². The molecule has 12 nitrogen and oxygen atoms in total. The molecule has 0 aliphatic carbocycles. The maximum Gasteiger partial charge on any atom is 0.326 e. The molecule has 170 valence electrons. The van der Waals surface area contributed by atoms with Crippen LogP contribution in [0.15, 0.2) is 0 Å². The van der Waals surface area contributed by atoms with Crippen molar-refractivity contribution in [3.63, 3.8) is 0 Å². The van der Waals surface area contributed by atoms with Gasteiger partial charge >= 0.3 is 11.9 Å². The molecule has 0 aromatic heterocycles. The van der Waals surface area contributed by atoms with Crippen LogP contribution in [0.3, 0.4) is 0 Å². The number of nitrogens with two attached hydrogens (primary N) is 2. The Hall–Kier alpha value is -3.18. The first-order valence-electron chi connectivity index (χ1n) is 9.63. The van der Waals surface area contributed by atoms with Crippen LogP contribution in [0.5, 0.6) is 0 Å². The maximum absolute atomic E-state index is 11.8. The highest BCUT2D eigenvalue weighted by molar-refractivity contribution is 5.85. The van der Waals surface area contributed by atoms with Crippen LogP contribution in [0.4, 0.5) is 0 Å². The van der Waals surface area contributed by atoms with Gasteiger partial charge in [0.05, 0.1) is 0 Å². The summed E-state index contributed by atoms with van der Waals surface area (Å²) >= 11 is 0. The molecule has 0 aromatic carbocycles. The van der Waals surface area contributed by atoms with Gasteiger partial charge in [-0.2, -0.15) is 0 Å². The largest absolute Gasteiger partial charge is 0.480 e. The molecule has 0 aliphatic rings. The van der Waals surface area contributed by atoms with Gasteiger partial charge in [-0.1, -0.05) is 12.8 Å². The average Bonchev–Trinajstić information content (AvgIpc) is 2.63. The number of nitrogens with one attached hydrogen (secondary N) is 2. The van der Waals surface area contributed by atoms with Crippen LogP contribution in [0.2, 0.25) is 0 Å². The first-order valence-corrected chi connectivity index (χ1v) is 9.63. The third-order valence-corrected chi connectivity index (χ3v) is 4.18. The van der Waals surface area contributed by atoms with Crippen LogP contribution in [0.1, 0.15) is 64.2 Å². The van der Waals surface area contributed by atoms with Gasteiger partial charge in [-0.05, 0) is 25.7 Å². The van der Waals surface area contributed by atoms with Crippen LogP contribution < -0.4 is 22.1 Å². The Morgan fingerprint density at radius 1 is 0.600 bits per heavy atom. The highest BCUT2D eigenvalue weighted by atomic mass is 16.4. The molecule has 12 heteroatoms. The Kier molecular flexibility index (Phi) is 13.2. The zero-order chi connectivity index (χ0) is 23.1. The lowest BCUT2D eigenvalue weighted by Crippen LogP contribution is -2.41. The molecule has 0 saturated heterocycles. The van der Waals surface area contributed by atoms with Crippen LogP contribution in [-0.2, 0) is 28.8 Å². The Bertz CT molecular complexity index is 584. The number of carboxylic acids is 2. The van der Waals surface area contributed by atoms with Crippen LogP contribution >= 0.6 is 0 Å². The molecule has 0 saturated carbocycles. The molecule has 4 amide bonds. The van der Waals surface area contributed by atoms with E-state index in [1.165, 1.54) is 0 Å². The fourth-order valence-corrected chi connectivity index (χ4v) is 2.55. The van der Waals surface area contributed by atoms with E-state index in [9.17, 15) is 28.8 Å².